The molecule has 4 rings (SSSR count). The molecule has 0 aliphatic rings. The van der Waals surface area contributed by atoms with Crippen LogP contribution in [0.5, 0.6) is 0 Å². The van der Waals surface area contributed by atoms with Gasteiger partial charge in [-0.05, 0) is 30.7 Å². The lowest BCUT2D eigenvalue weighted by Gasteiger charge is -2.03. The van der Waals surface area contributed by atoms with E-state index in [0.29, 0.717) is 5.15 Å². The number of hydrogen-bond acceptors (Lipinski definition) is 5. The van der Waals surface area contributed by atoms with Crippen molar-refractivity contribution in [3.8, 4) is 11.1 Å². The van der Waals surface area contributed by atoms with Gasteiger partial charge in [-0.2, -0.15) is 14.7 Å². The van der Waals surface area contributed by atoms with Crippen LogP contribution in [0.15, 0.2) is 61.1 Å². The summed E-state index contributed by atoms with van der Waals surface area (Å²) in [7, 11) is 0. The first-order valence-corrected chi connectivity index (χ1v) is 8.47. The first kappa shape index (κ1) is 18.5. The molecular formula is C20H15ClN4O2. The summed E-state index contributed by atoms with van der Waals surface area (Å²) in [6.45, 7) is 2.83. The number of pyridine rings is 2. The zero-order valence-electron chi connectivity index (χ0n) is 14.5. The summed E-state index contributed by atoms with van der Waals surface area (Å²) in [4.78, 5) is 25.0. The highest BCUT2D eigenvalue weighted by Gasteiger charge is 2.06. The van der Waals surface area contributed by atoms with Gasteiger partial charge in [0, 0.05) is 23.5 Å². The molecule has 0 saturated carbocycles. The van der Waals surface area contributed by atoms with E-state index < -0.39 is 0 Å². The number of carbonyl (C=O) groups excluding carboxylic acids is 2. The Morgan fingerprint density at radius 2 is 1.74 bits per heavy atom. The van der Waals surface area contributed by atoms with Crippen LogP contribution in [0.3, 0.4) is 0 Å². The predicted molar refractivity (Wildman–Crippen MR) is 101 cm³/mol. The fraction of sp³-hybridized carbons (Fsp3) is 0.100. The number of rotatable bonds is 3. The molecule has 0 amide bonds. The summed E-state index contributed by atoms with van der Waals surface area (Å²) in [5.74, 6) is 0. The Morgan fingerprint density at radius 3 is 2.48 bits per heavy atom. The molecule has 0 spiro atoms. The minimum absolute atomic E-state index is 0.250. The average molecular weight is 379 g/mol. The van der Waals surface area contributed by atoms with Crippen LogP contribution in [0.1, 0.15) is 11.1 Å². The van der Waals surface area contributed by atoms with Crippen LogP contribution in [0.2, 0.25) is 5.15 Å². The van der Waals surface area contributed by atoms with Gasteiger partial charge in [0.2, 0.25) is 0 Å². The van der Waals surface area contributed by atoms with Crippen molar-refractivity contribution in [3.05, 3.63) is 77.3 Å². The SMILES string of the molecule is Cc1ccc(Cn2cc(-c3cnc4ccc(Cl)nc4c3)cn2)cc1.O=C=O. The summed E-state index contributed by atoms with van der Waals surface area (Å²) in [5, 5.41) is 4.92. The van der Waals surface area contributed by atoms with Crippen molar-refractivity contribution in [1.29, 1.82) is 0 Å². The zero-order chi connectivity index (χ0) is 19.2. The van der Waals surface area contributed by atoms with E-state index in [9.17, 15) is 0 Å². The molecule has 0 aliphatic carbocycles. The second kappa shape index (κ2) is 8.36. The summed E-state index contributed by atoms with van der Waals surface area (Å²) in [5.41, 5.74) is 6.08. The average Bonchev–Trinajstić information content (AvgIpc) is 3.12. The number of aromatic nitrogens is 4. The van der Waals surface area contributed by atoms with Gasteiger partial charge in [-0.1, -0.05) is 41.4 Å². The number of benzene rings is 1. The second-order valence-corrected chi connectivity index (χ2v) is 6.28. The lowest BCUT2D eigenvalue weighted by Crippen LogP contribution is -1.99. The second-order valence-electron chi connectivity index (χ2n) is 5.89. The van der Waals surface area contributed by atoms with Crippen molar-refractivity contribution in [3.63, 3.8) is 0 Å². The van der Waals surface area contributed by atoms with Crippen LogP contribution in [0.25, 0.3) is 22.2 Å². The Morgan fingerprint density at radius 1 is 1.00 bits per heavy atom. The number of halogens is 1. The van der Waals surface area contributed by atoms with Crippen molar-refractivity contribution in [2.45, 2.75) is 13.5 Å². The maximum atomic E-state index is 8.12. The van der Waals surface area contributed by atoms with Gasteiger partial charge in [-0.25, -0.2) is 4.98 Å². The van der Waals surface area contributed by atoms with Gasteiger partial charge in [0.1, 0.15) is 5.15 Å². The van der Waals surface area contributed by atoms with Crippen LogP contribution < -0.4 is 0 Å². The monoisotopic (exact) mass is 378 g/mol. The van der Waals surface area contributed by atoms with Gasteiger partial charge in [0.15, 0.2) is 0 Å². The lowest BCUT2D eigenvalue weighted by atomic mass is 10.1. The van der Waals surface area contributed by atoms with E-state index in [1.54, 1.807) is 6.07 Å². The van der Waals surface area contributed by atoms with E-state index in [4.69, 9.17) is 21.2 Å². The van der Waals surface area contributed by atoms with Gasteiger partial charge in [-0.15, -0.1) is 0 Å². The fourth-order valence-corrected chi connectivity index (χ4v) is 2.77. The number of aryl methyl sites for hydroxylation is 1. The Kier molecular flexibility index (Phi) is 5.71. The van der Waals surface area contributed by atoms with Crippen molar-refractivity contribution < 1.29 is 9.59 Å². The van der Waals surface area contributed by atoms with E-state index in [2.05, 4.69) is 46.3 Å². The Labute approximate surface area is 160 Å². The first-order valence-electron chi connectivity index (χ1n) is 8.09. The Balaban J connectivity index is 0.000000659. The van der Waals surface area contributed by atoms with Crippen LogP contribution in [0, 0.1) is 6.92 Å². The van der Waals surface area contributed by atoms with Crippen LogP contribution in [0.4, 0.5) is 0 Å². The summed E-state index contributed by atoms with van der Waals surface area (Å²) < 4.78 is 1.93. The Bertz CT molecular complexity index is 1100. The van der Waals surface area contributed by atoms with E-state index in [-0.39, 0.29) is 6.15 Å². The minimum Gasteiger partial charge on any atom is -0.268 e. The molecule has 1 aromatic carbocycles. The van der Waals surface area contributed by atoms with Crippen LogP contribution in [-0.4, -0.2) is 25.9 Å². The molecule has 0 saturated heterocycles. The van der Waals surface area contributed by atoms with Crippen molar-refractivity contribution >= 4 is 28.8 Å². The lowest BCUT2D eigenvalue weighted by molar-refractivity contribution is -0.191. The van der Waals surface area contributed by atoms with Gasteiger partial charge < -0.3 is 0 Å². The zero-order valence-corrected chi connectivity index (χ0v) is 15.2. The summed E-state index contributed by atoms with van der Waals surface area (Å²) in [6, 6.07) is 14.1. The predicted octanol–water partition coefficient (Wildman–Crippen LogP) is 3.92. The standard InChI is InChI=1S/C19H15ClN4.CO2/c1-13-2-4-14(5-3-13)11-24-12-16(10-22-24)15-8-18-17(21-9-15)6-7-19(20)23-18;2-1-3/h2-10,12H,11H2,1H3;. The smallest absolute Gasteiger partial charge is 0.268 e. The van der Waals surface area contributed by atoms with E-state index in [1.807, 2.05) is 35.4 Å². The molecule has 0 N–H and O–H groups in total. The van der Waals surface area contributed by atoms with Crippen molar-refractivity contribution in [2.75, 3.05) is 0 Å². The largest absolute Gasteiger partial charge is 0.373 e. The van der Waals surface area contributed by atoms with Crippen LogP contribution >= 0.6 is 11.6 Å². The molecule has 3 aromatic heterocycles. The maximum absolute atomic E-state index is 8.12. The topological polar surface area (TPSA) is 77.7 Å². The van der Waals surface area contributed by atoms with Crippen LogP contribution in [-0.2, 0) is 16.1 Å². The third-order valence-corrected chi connectivity index (χ3v) is 4.15. The first-order chi connectivity index (χ1) is 13.1. The molecule has 0 aliphatic heterocycles. The molecule has 0 radical (unpaired) electrons. The number of fused-ring (bicyclic) bond motifs is 1. The highest BCUT2D eigenvalue weighted by atomic mass is 35.5. The number of nitrogens with zero attached hydrogens (tertiary/aromatic N) is 4. The highest BCUT2D eigenvalue weighted by molar-refractivity contribution is 6.29. The molecule has 134 valence electrons. The van der Waals surface area contributed by atoms with E-state index >= 15 is 0 Å². The third kappa shape index (κ3) is 4.64. The summed E-state index contributed by atoms with van der Waals surface area (Å²) >= 11 is 5.97. The third-order valence-electron chi connectivity index (χ3n) is 3.94. The van der Waals surface area contributed by atoms with Gasteiger partial charge in [0.25, 0.3) is 0 Å². The van der Waals surface area contributed by atoms with Gasteiger partial charge >= 0.3 is 6.15 Å². The molecule has 0 unspecified atom stereocenters. The van der Waals surface area contributed by atoms with E-state index in [0.717, 1.165) is 28.7 Å². The van der Waals surface area contributed by atoms with Gasteiger partial charge in [0.05, 0.1) is 23.8 Å². The van der Waals surface area contributed by atoms with Gasteiger partial charge in [-0.3, -0.25) is 9.67 Å². The molecule has 4 aromatic rings. The molecular weight excluding hydrogens is 364 g/mol. The normalized spacial score (nSPS) is 10.1. The molecule has 0 fully saturated rings. The Hall–Kier alpha value is -3.34. The molecule has 3 heterocycles. The number of hydrogen-bond donors (Lipinski definition) is 0. The summed E-state index contributed by atoms with van der Waals surface area (Å²) in [6.07, 6.45) is 5.96. The van der Waals surface area contributed by atoms with Crippen molar-refractivity contribution in [2.24, 2.45) is 0 Å². The quantitative estimate of drug-likeness (QED) is 0.505. The van der Waals surface area contributed by atoms with E-state index in [1.165, 1.54) is 11.1 Å². The molecule has 6 nitrogen and oxygen atoms in total. The molecule has 7 heteroatoms. The molecule has 27 heavy (non-hydrogen) atoms. The maximum Gasteiger partial charge on any atom is 0.373 e. The van der Waals surface area contributed by atoms with Crippen molar-refractivity contribution in [1.82, 2.24) is 19.7 Å². The fourth-order valence-electron chi connectivity index (χ4n) is 2.62. The minimum atomic E-state index is 0.250. The highest BCUT2D eigenvalue weighted by Crippen LogP contribution is 2.22. The molecule has 0 atom stereocenters. The molecule has 0 bridgehead atoms.